The van der Waals surface area contributed by atoms with E-state index in [-0.39, 0.29) is 44.5 Å². The minimum atomic E-state index is -6.25. The molecule has 2 heterocycles. The van der Waals surface area contributed by atoms with Gasteiger partial charge in [0.1, 0.15) is 17.4 Å². The van der Waals surface area contributed by atoms with E-state index in [0.717, 1.165) is 4.90 Å². The molecule has 0 saturated carbocycles. The van der Waals surface area contributed by atoms with Gasteiger partial charge in [-0.2, -0.15) is 26.3 Å². The number of fused-ring (bicyclic) bond motifs is 2. The van der Waals surface area contributed by atoms with Gasteiger partial charge in [0.25, 0.3) is 0 Å². The van der Waals surface area contributed by atoms with E-state index in [4.69, 9.17) is 9.47 Å². The summed E-state index contributed by atoms with van der Waals surface area (Å²) in [6.07, 6.45) is -14.4. The average molecular weight is 837 g/mol. The van der Waals surface area contributed by atoms with Gasteiger partial charge in [-0.25, -0.2) is 9.69 Å². The number of carbonyl (C=O) groups is 7. The van der Waals surface area contributed by atoms with E-state index in [9.17, 15) is 38.7 Å². The van der Waals surface area contributed by atoms with E-state index >= 15 is 26.3 Å². The van der Waals surface area contributed by atoms with Gasteiger partial charge < -0.3 is 14.6 Å². The first-order valence-electron chi connectivity index (χ1n) is 18.9. The van der Waals surface area contributed by atoms with Crippen molar-refractivity contribution in [3.63, 3.8) is 0 Å². The lowest BCUT2D eigenvalue weighted by Gasteiger charge is -2.38. The van der Waals surface area contributed by atoms with Crippen molar-refractivity contribution in [3.05, 3.63) is 69.8 Å². The molecule has 0 aromatic heterocycles. The molecule has 4 aliphatic rings. The van der Waals surface area contributed by atoms with Crippen LogP contribution in [0.1, 0.15) is 120 Å². The fraction of sp³-hybridized carbons (Fsp3) is 0.537. The number of aliphatic hydroxyl groups excluding tert-OH is 1. The maximum Gasteiger partial charge on any atom is 0.411 e. The lowest BCUT2D eigenvalue weighted by Crippen LogP contribution is -2.55. The number of ketones is 6. The third-order valence-electron chi connectivity index (χ3n) is 11.0. The van der Waals surface area contributed by atoms with E-state index in [1.165, 1.54) is 4.90 Å². The maximum absolute atomic E-state index is 15.4. The smallest absolute Gasteiger partial charge is 0.411 e. The Kier molecular flexibility index (Phi) is 10.9. The molecule has 2 aliphatic carbocycles. The maximum atomic E-state index is 15.4. The number of rotatable bonds is 8. The standard InChI is InChI=1S/C41H42F6N2O10/c1-37(2,3)58-35(56)48-15-7-9-25(48)33(54)27-29(50)21-13-11-19(17-23(21)31(27)52)39(40(42,43)44,41(45,46)47)20-12-14-22-24(18-20)32(53)28(30(22)51)34(55)26-10-8-16-49(26)36(57)59-38(4,5)6/h11-14,17-18,25-28,35,56H,7-10,15-16H2,1-6H3/t25-,26-,27?,28?,35?/m0/s1. The highest BCUT2D eigenvalue weighted by atomic mass is 19.4. The van der Waals surface area contributed by atoms with Gasteiger partial charge in [-0.05, 0) is 90.5 Å². The van der Waals surface area contributed by atoms with Gasteiger partial charge in [0, 0.05) is 35.3 Å². The van der Waals surface area contributed by atoms with Crippen LogP contribution in [0.15, 0.2) is 36.4 Å². The summed E-state index contributed by atoms with van der Waals surface area (Å²) in [6.45, 7) is 9.72. The first kappa shape index (κ1) is 43.8. The average Bonchev–Trinajstić information content (AvgIpc) is 3.88. The molecule has 2 fully saturated rings. The number of carbonyl (C=O) groups excluding carboxylic acids is 7. The highest BCUT2D eigenvalue weighted by Crippen LogP contribution is 2.57. The predicted molar refractivity (Wildman–Crippen MR) is 193 cm³/mol. The van der Waals surface area contributed by atoms with Crippen molar-refractivity contribution in [3.8, 4) is 0 Å². The van der Waals surface area contributed by atoms with Gasteiger partial charge in [0.05, 0.1) is 17.7 Å². The van der Waals surface area contributed by atoms with Crippen LogP contribution >= 0.6 is 0 Å². The van der Waals surface area contributed by atoms with Crippen molar-refractivity contribution in [1.82, 2.24) is 9.80 Å². The van der Waals surface area contributed by atoms with Gasteiger partial charge in [0.15, 0.2) is 34.7 Å². The molecule has 2 aromatic rings. The van der Waals surface area contributed by atoms with Crippen molar-refractivity contribution in [2.24, 2.45) is 11.8 Å². The molecule has 0 spiro atoms. The SMILES string of the molecule is CC(C)(C)OC(=O)N1CCC[C@H]1C(=O)C1C(=O)c2ccc(C(c3ccc4c(c3)C(=O)C(C(=O)[C@@H]3CCCN3C(O)OC(C)(C)C)C4=O)(C(F)(F)F)C(F)(F)F)cc2C1=O. The van der Waals surface area contributed by atoms with Gasteiger partial charge in [-0.15, -0.1) is 0 Å². The fourth-order valence-electron chi connectivity index (χ4n) is 8.48. The molecule has 18 heteroatoms. The molecule has 3 unspecified atom stereocenters. The second-order valence-corrected chi connectivity index (χ2v) is 17.2. The number of hydrogen-bond acceptors (Lipinski definition) is 11. The molecule has 0 bridgehead atoms. The molecule has 59 heavy (non-hydrogen) atoms. The number of amides is 1. The van der Waals surface area contributed by atoms with Crippen LogP contribution in [0.5, 0.6) is 0 Å². The molecule has 12 nitrogen and oxygen atoms in total. The minimum absolute atomic E-state index is 0.0144. The van der Waals surface area contributed by atoms with Crippen molar-refractivity contribution >= 4 is 40.8 Å². The Balaban J connectivity index is 1.37. The monoisotopic (exact) mass is 836 g/mol. The number of benzene rings is 2. The lowest BCUT2D eigenvalue weighted by molar-refractivity contribution is -0.288. The van der Waals surface area contributed by atoms with Crippen molar-refractivity contribution < 1.29 is 74.5 Å². The van der Waals surface area contributed by atoms with Crippen molar-refractivity contribution in [2.45, 2.75) is 115 Å². The molecule has 318 valence electrons. The molecule has 2 aromatic carbocycles. The predicted octanol–water partition coefficient (Wildman–Crippen LogP) is 6.18. The third-order valence-corrected chi connectivity index (χ3v) is 11.0. The zero-order chi connectivity index (χ0) is 43.9. The van der Waals surface area contributed by atoms with Crippen LogP contribution in [0.2, 0.25) is 0 Å². The van der Waals surface area contributed by atoms with E-state index in [0.29, 0.717) is 30.7 Å². The molecular weight excluding hydrogens is 794 g/mol. The largest absolute Gasteiger partial charge is 0.444 e. The van der Waals surface area contributed by atoms with Crippen LogP contribution < -0.4 is 0 Å². The third kappa shape index (κ3) is 7.41. The summed E-state index contributed by atoms with van der Waals surface area (Å²) < 4.78 is 103. The molecule has 1 N–H and O–H groups in total. The van der Waals surface area contributed by atoms with E-state index in [2.05, 4.69) is 0 Å². The second-order valence-electron chi connectivity index (χ2n) is 17.2. The van der Waals surface area contributed by atoms with Gasteiger partial charge >= 0.3 is 18.4 Å². The number of halogens is 6. The first-order chi connectivity index (χ1) is 27.1. The molecule has 2 saturated heterocycles. The Morgan fingerprint density at radius 2 is 1.07 bits per heavy atom. The van der Waals surface area contributed by atoms with E-state index < -0.39 is 133 Å². The minimum Gasteiger partial charge on any atom is -0.444 e. The number of ether oxygens (including phenoxy) is 2. The van der Waals surface area contributed by atoms with Gasteiger partial charge in [-0.3, -0.25) is 33.7 Å². The summed E-state index contributed by atoms with van der Waals surface area (Å²) in [5.74, 6) is -11.4. The number of nitrogens with zero attached hydrogens (tertiary/aromatic N) is 2. The Labute approximate surface area is 334 Å². The normalized spacial score (nSPS) is 23.5. The summed E-state index contributed by atoms with van der Waals surface area (Å²) >= 11 is 0. The number of Topliss-reactive ketones (excluding diaryl/α,β-unsaturated/α-hetero) is 6. The second kappa shape index (κ2) is 14.7. The Morgan fingerprint density at radius 3 is 1.51 bits per heavy atom. The van der Waals surface area contributed by atoms with Crippen molar-refractivity contribution in [2.75, 3.05) is 13.1 Å². The van der Waals surface area contributed by atoms with Gasteiger partial charge in [0.2, 0.25) is 11.8 Å². The quantitative estimate of drug-likeness (QED) is 0.184. The lowest BCUT2D eigenvalue weighted by atomic mass is 9.71. The summed E-state index contributed by atoms with van der Waals surface area (Å²) in [5, 5.41) is 10.7. The topological polar surface area (TPSA) is 165 Å². The number of hydrogen-bond donors (Lipinski definition) is 1. The van der Waals surface area contributed by atoms with Crippen LogP contribution in [0.4, 0.5) is 31.1 Å². The summed E-state index contributed by atoms with van der Waals surface area (Å²) in [5.41, 5.74) is -12.9. The Morgan fingerprint density at radius 1 is 0.644 bits per heavy atom. The zero-order valence-corrected chi connectivity index (χ0v) is 32.9. The summed E-state index contributed by atoms with van der Waals surface area (Å²) in [7, 11) is 0. The highest BCUT2D eigenvalue weighted by Gasteiger charge is 2.73. The molecule has 1 amide bonds. The Bertz CT molecular complexity index is 2140. The number of likely N-dealkylation sites (tertiary alicyclic amines) is 2. The van der Waals surface area contributed by atoms with Crippen LogP contribution in [0.25, 0.3) is 0 Å². The molecule has 0 radical (unpaired) electrons. The fourth-order valence-corrected chi connectivity index (χ4v) is 8.48. The molecular formula is C41H42F6N2O10. The highest BCUT2D eigenvalue weighted by molar-refractivity contribution is 6.37. The van der Waals surface area contributed by atoms with Crippen LogP contribution in [0.3, 0.4) is 0 Å². The first-order valence-corrected chi connectivity index (χ1v) is 18.9. The molecule has 5 atom stereocenters. The number of alkyl halides is 6. The van der Waals surface area contributed by atoms with E-state index in [1.807, 2.05) is 0 Å². The van der Waals surface area contributed by atoms with Crippen LogP contribution in [0, 0.1) is 11.8 Å². The number of aliphatic hydroxyl groups is 1. The van der Waals surface area contributed by atoms with Crippen LogP contribution in [-0.2, 0) is 24.5 Å². The summed E-state index contributed by atoms with van der Waals surface area (Å²) in [4.78, 5) is 97.0. The van der Waals surface area contributed by atoms with Crippen LogP contribution in [-0.4, -0.2) is 111 Å². The van der Waals surface area contributed by atoms with Crippen molar-refractivity contribution in [1.29, 1.82) is 0 Å². The Hall–Kier alpha value is -4.81. The van der Waals surface area contributed by atoms with E-state index in [1.54, 1.807) is 41.5 Å². The summed E-state index contributed by atoms with van der Waals surface area (Å²) in [6, 6.07) is -0.162. The molecule has 6 rings (SSSR count). The zero-order valence-electron chi connectivity index (χ0n) is 32.9. The van der Waals surface area contributed by atoms with Gasteiger partial charge in [-0.1, -0.05) is 24.3 Å². The molecule has 2 aliphatic heterocycles.